The van der Waals surface area contributed by atoms with Gasteiger partial charge >= 0.3 is 0 Å². The molecule has 30 heavy (non-hydrogen) atoms. The molecule has 0 heterocycles. The maximum absolute atomic E-state index is 13.5. The first-order chi connectivity index (χ1) is 14.4. The Morgan fingerprint density at radius 1 is 0.800 bits per heavy atom. The van der Waals surface area contributed by atoms with Gasteiger partial charge in [-0.2, -0.15) is 0 Å². The number of hydrogen-bond acceptors (Lipinski definition) is 1. The number of quaternary nitrogens is 1. The van der Waals surface area contributed by atoms with Gasteiger partial charge in [-0.15, -0.1) is 0 Å². The molecule has 0 bridgehead atoms. The third-order valence-electron chi connectivity index (χ3n) is 5.30. The summed E-state index contributed by atoms with van der Waals surface area (Å²) in [5, 5.41) is 3.10. The minimum Gasteiger partial charge on any atom is -0.491 e. The molecule has 3 aromatic rings. The van der Waals surface area contributed by atoms with E-state index in [-0.39, 0.29) is 17.8 Å². The molecule has 0 saturated carbocycles. The van der Waals surface area contributed by atoms with Gasteiger partial charge in [0.05, 0.1) is 12.6 Å². The van der Waals surface area contributed by atoms with Crippen LogP contribution in [0.25, 0.3) is 0 Å². The summed E-state index contributed by atoms with van der Waals surface area (Å²) in [5.74, 6) is 0.864. The van der Waals surface area contributed by atoms with Crippen molar-refractivity contribution in [3.05, 3.63) is 100 Å². The second-order valence-corrected chi connectivity index (χ2v) is 8.43. The largest absolute Gasteiger partial charge is 0.491 e. The average Bonchev–Trinajstić information content (AvgIpc) is 2.73. The Hall–Kier alpha value is -2.36. The molecule has 0 aliphatic heterocycles. The van der Waals surface area contributed by atoms with E-state index in [1.54, 1.807) is 12.1 Å². The monoisotopic (exact) mass is 426 g/mol. The maximum atomic E-state index is 13.5. The third kappa shape index (κ3) is 6.32. The first-order valence-electron chi connectivity index (χ1n) is 10.5. The second-order valence-electron chi connectivity index (χ2n) is 7.99. The molecule has 0 aromatic heterocycles. The first-order valence-corrected chi connectivity index (χ1v) is 10.9. The van der Waals surface area contributed by atoms with Crippen LogP contribution in [0.3, 0.4) is 0 Å². The van der Waals surface area contributed by atoms with Crippen LogP contribution in [0.2, 0.25) is 5.02 Å². The molecule has 0 fully saturated rings. The molecule has 0 aliphatic rings. The standard InChI is InChI=1S/C26H29ClFNO/c1-18(2)30-25-14-8-22(9-15-25)26(21-6-12-24(28)13-7-21)16-17-29-19(3)20-4-10-23(27)11-5-20/h4-15,18-19,26,29H,16-17H2,1-3H3/p+1/t19-,26-/m0/s1. The van der Waals surface area contributed by atoms with Crippen molar-refractivity contribution in [2.75, 3.05) is 6.54 Å². The van der Waals surface area contributed by atoms with Crippen LogP contribution in [0.4, 0.5) is 4.39 Å². The number of ether oxygens (including phenoxy) is 1. The quantitative estimate of drug-likeness (QED) is 0.438. The Bertz CT molecular complexity index is 907. The van der Waals surface area contributed by atoms with E-state index in [9.17, 15) is 4.39 Å². The van der Waals surface area contributed by atoms with E-state index in [2.05, 4.69) is 36.5 Å². The van der Waals surface area contributed by atoms with E-state index in [1.165, 1.54) is 11.1 Å². The van der Waals surface area contributed by atoms with Crippen molar-refractivity contribution >= 4 is 11.6 Å². The molecule has 0 saturated heterocycles. The van der Waals surface area contributed by atoms with Gasteiger partial charge in [-0.1, -0.05) is 48.0 Å². The third-order valence-corrected chi connectivity index (χ3v) is 5.55. The summed E-state index contributed by atoms with van der Waals surface area (Å²) in [6.45, 7) is 7.20. The van der Waals surface area contributed by atoms with Crippen molar-refractivity contribution in [1.29, 1.82) is 0 Å². The van der Waals surface area contributed by atoms with Gasteiger partial charge in [0, 0.05) is 22.9 Å². The van der Waals surface area contributed by atoms with E-state index < -0.39 is 0 Å². The molecule has 0 unspecified atom stereocenters. The Kier molecular flexibility index (Phi) is 7.89. The predicted molar refractivity (Wildman–Crippen MR) is 122 cm³/mol. The van der Waals surface area contributed by atoms with Crippen LogP contribution in [0.1, 0.15) is 55.8 Å². The van der Waals surface area contributed by atoms with Crippen LogP contribution in [0.15, 0.2) is 72.8 Å². The van der Waals surface area contributed by atoms with Gasteiger partial charge in [0.2, 0.25) is 0 Å². The lowest BCUT2D eigenvalue weighted by molar-refractivity contribution is -0.693. The van der Waals surface area contributed by atoms with E-state index in [4.69, 9.17) is 16.3 Å². The van der Waals surface area contributed by atoms with Crippen LogP contribution in [-0.4, -0.2) is 12.6 Å². The summed E-state index contributed by atoms with van der Waals surface area (Å²) < 4.78 is 19.2. The number of hydrogen-bond donors (Lipinski definition) is 1. The Morgan fingerprint density at radius 2 is 1.33 bits per heavy atom. The zero-order chi connectivity index (χ0) is 21.5. The summed E-state index contributed by atoms with van der Waals surface area (Å²) in [7, 11) is 0. The highest BCUT2D eigenvalue weighted by Gasteiger charge is 2.17. The van der Waals surface area contributed by atoms with Gasteiger partial charge in [-0.25, -0.2) is 4.39 Å². The molecule has 0 aliphatic carbocycles. The van der Waals surface area contributed by atoms with Gasteiger partial charge in [0.1, 0.15) is 17.6 Å². The zero-order valence-corrected chi connectivity index (χ0v) is 18.6. The van der Waals surface area contributed by atoms with E-state index in [0.717, 1.165) is 29.3 Å². The van der Waals surface area contributed by atoms with Gasteiger partial charge in [0.25, 0.3) is 0 Å². The van der Waals surface area contributed by atoms with Gasteiger partial charge in [-0.3, -0.25) is 0 Å². The molecule has 3 aromatic carbocycles. The smallest absolute Gasteiger partial charge is 0.123 e. The number of nitrogens with two attached hydrogens (primary N) is 1. The Balaban J connectivity index is 1.71. The van der Waals surface area contributed by atoms with Gasteiger partial charge in [-0.05, 0) is 68.3 Å². The van der Waals surface area contributed by atoms with Crippen molar-refractivity contribution in [3.63, 3.8) is 0 Å². The molecule has 2 N–H and O–H groups in total. The van der Waals surface area contributed by atoms with Crippen molar-refractivity contribution < 1.29 is 14.4 Å². The predicted octanol–water partition coefficient (Wildman–Crippen LogP) is 6.11. The number of halogens is 2. The number of rotatable bonds is 9. The second kappa shape index (κ2) is 10.6. The van der Waals surface area contributed by atoms with Crippen molar-refractivity contribution in [1.82, 2.24) is 0 Å². The molecule has 2 atom stereocenters. The highest BCUT2D eigenvalue weighted by atomic mass is 35.5. The van der Waals surface area contributed by atoms with Gasteiger partial charge < -0.3 is 10.1 Å². The van der Waals surface area contributed by atoms with E-state index >= 15 is 0 Å². The Morgan fingerprint density at radius 3 is 1.90 bits per heavy atom. The first kappa shape index (κ1) is 22.3. The molecule has 0 amide bonds. The van der Waals surface area contributed by atoms with Crippen molar-refractivity contribution in [2.24, 2.45) is 0 Å². The fraction of sp³-hybridized carbons (Fsp3) is 0.308. The fourth-order valence-electron chi connectivity index (χ4n) is 3.69. The van der Waals surface area contributed by atoms with Crippen LogP contribution in [0, 0.1) is 5.82 Å². The highest BCUT2D eigenvalue weighted by Crippen LogP contribution is 2.29. The van der Waals surface area contributed by atoms with Crippen LogP contribution >= 0.6 is 11.6 Å². The fourth-order valence-corrected chi connectivity index (χ4v) is 3.81. The normalized spacial score (nSPS) is 13.3. The van der Waals surface area contributed by atoms with Gasteiger partial charge in [0.15, 0.2) is 0 Å². The lowest BCUT2D eigenvalue weighted by atomic mass is 9.88. The minimum atomic E-state index is -0.207. The molecule has 3 rings (SSSR count). The maximum Gasteiger partial charge on any atom is 0.123 e. The van der Waals surface area contributed by atoms with Crippen LogP contribution in [0.5, 0.6) is 5.75 Å². The SMILES string of the molecule is CC(C)Oc1ccc([C@@H](CC[NH2+][C@@H](C)c2ccc(Cl)cc2)c2ccc(F)cc2)cc1. The van der Waals surface area contributed by atoms with Crippen LogP contribution < -0.4 is 10.1 Å². The lowest BCUT2D eigenvalue weighted by Crippen LogP contribution is -2.84. The lowest BCUT2D eigenvalue weighted by Gasteiger charge is -2.20. The van der Waals surface area contributed by atoms with Crippen molar-refractivity contribution in [3.8, 4) is 5.75 Å². The molecular formula is C26H30ClFNO+. The van der Waals surface area contributed by atoms with E-state index in [1.807, 2.05) is 50.2 Å². The summed E-state index contributed by atoms with van der Waals surface area (Å²) in [5.41, 5.74) is 3.60. The molecular weight excluding hydrogens is 397 g/mol. The van der Waals surface area contributed by atoms with E-state index in [0.29, 0.717) is 6.04 Å². The summed E-state index contributed by atoms with van der Waals surface area (Å²) in [4.78, 5) is 0. The Labute approximate surface area is 184 Å². The molecule has 158 valence electrons. The van der Waals surface area contributed by atoms with Crippen molar-refractivity contribution in [2.45, 2.75) is 45.3 Å². The highest BCUT2D eigenvalue weighted by molar-refractivity contribution is 6.30. The summed E-state index contributed by atoms with van der Waals surface area (Å²) in [6.07, 6.45) is 1.10. The molecule has 0 spiro atoms. The summed E-state index contributed by atoms with van der Waals surface area (Å²) >= 11 is 6.00. The zero-order valence-electron chi connectivity index (χ0n) is 17.8. The summed E-state index contributed by atoms with van der Waals surface area (Å²) in [6, 6.07) is 23.5. The topological polar surface area (TPSA) is 25.8 Å². The average molecular weight is 427 g/mol. The molecule has 0 radical (unpaired) electrons. The molecule has 4 heteroatoms. The van der Waals surface area contributed by atoms with Crippen LogP contribution in [-0.2, 0) is 0 Å². The minimum absolute atomic E-state index is 0.146. The molecule has 2 nitrogen and oxygen atoms in total. The number of benzene rings is 3.